The Hall–Kier alpha value is -5.98. The molecule has 0 saturated heterocycles. The molecule has 2 N–H and O–H groups in total. The molecule has 0 aliphatic carbocycles. The fourth-order valence-corrected chi connectivity index (χ4v) is 7.15. The molecule has 3 atom stereocenters. The fraction of sp³-hybridized carbons (Fsp3) is 0.273. The molecule has 0 fully saturated rings. The van der Waals surface area contributed by atoms with E-state index in [9.17, 15) is 19.5 Å². The smallest absolute Gasteiger partial charge is 0.326 e. The summed E-state index contributed by atoms with van der Waals surface area (Å²) in [5.41, 5.74) is 5.84. The molecule has 7 rings (SSSR count). The number of urea groups is 1. The van der Waals surface area contributed by atoms with Gasteiger partial charge in [-0.05, 0) is 96.3 Å². The molecule has 0 radical (unpaired) electrons. The summed E-state index contributed by atoms with van der Waals surface area (Å²) in [6.45, 7) is 4.51. The summed E-state index contributed by atoms with van der Waals surface area (Å²) < 4.78 is 24.5. The number of hydrogen-bond acceptors (Lipinski definition) is 8. The molecule has 5 aromatic rings. The number of aliphatic carboxylic acids is 1. The van der Waals surface area contributed by atoms with Crippen molar-refractivity contribution in [3.8, 4) is 28.7 Å². The van der Waals surface area contributed by atoms with Gasteiger partial charge in [0, 0.05) is 50.9 Å². The first-order valence-corrected chi connectivity index (χ1v) is 19.4. The Morgan fingerprint density at radius 2 is 1.62 bits per heavy atom. The zero-order valence-corrected chi connectivity index (χ0v) is 33.8. The zero-order valence-electron chi connectivity index (χ0n) is 32.3. The van der Waals surface area contributed by atoms with Gasteiger partial charge in [0.15, 0.2) is 17.6 Å². The fourth-order valence-electron chi connectivity index (χ4n) is 6.83. The van der Waals surface area contributed by atoms with Crippen molar-refractivity contribution in [2.75, 3.05) is 20.7 Å². The van der Waals surface area contributed by atoms with E-state index in [-0.39, 0.29) is 32.0 Å². The van der Waals surface area contributed by atoms with Crippen LogP contribution in [-0.2, 0) is 35.6 Å². The van der Waals surface area contributed by atoms with Gasteiger partial charge < -0.3 is 39.2 Å². The van der Waals surface area contributed by atoms with Crippen molar-refractivity contribution in [2.24, 2.45) is 0 Å². The van der Waals surface area contributed by atoms with Gasteiger partial charge in [0.1, 0.15) is 42.5 Å². The van der Waals surface area contributed by atoms with E-state index in [1.807, 2.05) is 56.3 Å². The highest BCUT2D eigenvalue weighted by molar-refractivity contribution is 6.42. The maximum Gasteiger partial charge on any atom is 0.326 e. The molecule has 14 heteroatoms. The molecule has 0 saturated carbocycles. The number of carboxylic acids is 1. The van der Waals surface area contributed by atoms with Crippen LogP contribution in [0, 0.1) is 13.8 Å². The van der Waals surface area contributed by atoms with Crippen LogP contribution in [0.15, 0.2) is 91.1 Å². The second kappa shape index (κ2) is 17.3. The second-order valence-corrected chi connectivity index (χ2v) is 15.3. The van der Waals surface area contributed by atoms with Crippen molar-refractivity contribution in [1.82, 2.24) is 20.1 Å². The number of nitrogens with zero attached hydrogens (tertiary/aromatic N) is 3. The van der Waals surface area contributed by atoms with Crippen LogP contribution in [0.5, 0.6) is 28.7 Å². The van der Waals surface area contributed by atoms with Gasteiger partial charge in [-0.15, -0.1) is 0 Å². The van der Waals surface area contributed by atoms with E-state index in [0.717, 1.165) is 33.5 Å². The quantitative estimate of drug-likeness (QED) is 0.135. The van der Waals surface area contributed by atoms with E-state index < -0.39 is 30.1 Å². The van der Waals surface area contributed by atoms with Crippen LogP contribution >= 0.6 is 23.2 Å². The van der Waals surface area contributed by atoms with Crippen LogP contribution in [0.3, 0.4) is 0 Å². The number of hydrogen-bond donors (Lipinski definition) is 2. The van der Waals surface area contributed by atoms with Crippen molar-refractivity contribution < 1.29 is 38.4 Å². The van der Waals surface area contributed by atoms with E-state index >= 15 is 0 Å². The molecule has 4 aromatic carbocycles. The number of fused-ring (bicyclic) bond motifs is 2. The van der Waals surface area contributed by atoms with E-state index in [1.54, 1.807) is 62.8 Å². The molecule has 2 aliphatic rings. The van der Waals surface area contributed by atoms with Crippen LogP contribution in [0.25, 0.3) is 0 Å². The van der Waals surface area contributed by atoms with E-state index in [0.29, 0.717) is 51.0 Å². The molecule has 1 aromatic heterocycles. The summed E-state index contributed by atoms with van der Waals surface area (Å²) in [5.74, 6) is 1.20. The van der Waals surface area contributed by atoms with E-state index in [4.69, 9.17) is 42.1 Å². The van der Waals surface area contributed by atoms with Gasteiger partial charge in [-0.25, -0.2) is 9.59 Å². The molecule has 0 spiro atoms. The molecule has 0 bridgehead atoms. The third-order valence-corrected chi connectivity index (χ3v) is 11.0. The summed E-state index contributed by atoms with van der Waals surface area (Å²) in [7, 11) is 3.21. The Labute approximate surface area is 346 Å². The SMILES string of the molecule is Cc1nccc(Oc2ccc(CC(NC(=O)[C@@H]3Cc4cc5c(cc4CN3C(=O)N(C)C)O[C@@H](c3ccc(OCc4ccc(Cl)c(Cl)c4)cc3)CO5)C(=O)O)cc2)c1C. The summed E-state index contributed by atoms with van der Waals surface area (Å²) in [5, 5.41) is 13.8. The van der Waals surface area contributed by atoms with Crippen LogP contribution < -0.4 is 24.3 Å². The largest absolute Gasteiger partial charge is 0.489 e. The first kappa shape index (κ1) is 40.2. The van der Waals surface area contributed by atoms with Gasteiger partial charge in [0.05, 0.1) is 10.0 Å². The molecule has 12 nitrogen and oxygen atoms in total. The molecule has 2 aliphatic heterocycles. The molecule has 3 amide bonds. The lowest BCUT2D eigenvalue weighted by Crippen LogP contribution is -2.57. The monoisotopic (exact) mass is 824 g/mol. The van der Waals surface area contributed by atoms with Crippen molar-refractivity contribution in [2.45, 2.75) is 58.0 Å². The van der Waals surface area contributed by atoms with Gasteiger partial charge in [-0.3, -0.25) is 9.78 Å². The highest BCUT2D eigenvalue weighted by atomic mass is 35.5. The summed E-state index contributed by atoms with van der Waals surface area (Å²) >= 11 is 12.2. The number of aryl methyl sites for hydroxylation is 1. The van der Waals surface area contributed by atoms with Crippen LogP contribution in [0.2, 0.25) is 10.0 Å². The van der Waals surface area contributed by atoms with Crippen LogP contribution in [0.1, 0.15) is 45.2 Å². The third kappa shape index (κ3) is 9.09. The van der Waals surface area contributed by atoms with Gasteiger partial charge in [0.25, 0.3) is 0 Å². The normalized spacial score (nSPS) is 16.1. The minimum Gasteiger partial charge on any atom is -0.489 e. The van der Waals surface area contributed by atoms with Gasteiger partial charge in [-0.2, -0.15) is 0 Å². The van der Waals surface area contributed by atoms with E-state index in [1.165, 1.54) is 9.80 Å². The van der Waals surface area contributed by atoms with E-state index in [2.05, 4.69) is 10.3 Å². The number of carbonyl (C=O) groups excluding carboxylic acids is 2. The van der Waals surface area contributed by atoms with Crippen LogP contribution in [-0.4, -0.2) is 70.6 Å². The third-order valence-electron chi connectivity index (χ3n) is 10.2. The van der Waals surface area contributed by atoms with Crippen molar-refractivity contribution in [3.63, 3.8) is 0 Å². The molecule has 300 valence electrons. The molecular weight excluding hydrogens is 783 g/mol. The van der Waals surface area contributed by atoms with Gasteiger partial charge in [-0.1, -0.05) is 53.5 Å². The maximum atomic E-state index is 13.9. The van der Waals surface area contributed by atoms with Crippen LogP contribution in [0.4, 0.5) is 4.79 Å². The summed E-state index contributed by atoms with van der Waals surface area (Å²) in [6.07, 6.45) is 1.45. The topological polar surface area (TPSA) is 140 Å². The molecular formula is C44H42Cl2N4O8. The number of rotatable bonds is 11. The first-order chi connectivity index (χ1) is 27.8. The highest BCUT2D eigenvalue weighted by Crippen LogP contribution is 2.41. The highest BCUT2D eigenvalue weighted by Gasteiger charge is 2.38. The first-order valence-electron chi connectivity index (χ1n) is 18.6. The Morgan fingerprint density at radius 1 is 0.914 bits per heavy atom. The summed E-state index contributed by atoms with van der Waals surface area (Å²) in [6, 6.07) is 22.8. The standard InChI is InChI=1S/C44H42Cl2N4O8/c1-25-26(2)47-16-15-38(25)57-33-10-5-27(6-11-33)18-36(43(52)53)48-42(51)37-19-30-20-39-40(21-31(30)22-50(37)44(54)49(3)4)58-41(24-56-39)29-8-12-32(13-9-29)55-23-28-7-14-34(45)35(46)17-28/h5-17,20-21,36-37,41H,18-19,22-24H2,1-4H3,(H,48,51)(H,52,53)/t36?,37-,41+/m0/s1. The van der Waals surface area contributed by atoms with Crippen molar-refractivity contribution >= 4 is 41.1 Å². The molecule has 58 heavy (non-hydrogen) atoms. The Morgan fingerprint density at radius 3 is 2.33 bits per heavy atom. The zero-order chi connectivity index (χ0) is 41.1. The minimum absolute atomic E-state index is 0.0218. The van der Waals surface area contributed by atoms with Gasteiger partial charge in [0.2, 0.25) is 5.91 Å². The predicted molar refractivity (Wildman–Crippen MR) is 218 cm³/mol. The number of ether oxygens (including phenoxy) is 4. The maximum absolute atomic E-state index is 13.9. The minimum atomic E-state index is -1.25. The number of halogens is 2. The summed E-state index contributed by atoms with van der Waals surface area (Å²) in [4.78, 5) is 47.0. The lowest BCUT2D eigenvalue weighted by atomic mass is 9.92. The number of carboxylic acid groups (broad SMARTS) is 1. The lowest BCUT2D eigenvalue weighted by Gasteiger charge is -2.38. The average molecular weight is 826 g/mol. The van der Waals surface area contributed by atoms with Crippen molar-refractivity contribution in [3.05, 3.63) is 140 Å². The predicted octanol–water partition coefficient (Wildman–Crippen LogP) is 8.11. The number of carbonyl (C=O) groups is 3. The number of aromatic nitrogens is 1. The Kier molecular flexibility index (Phi) is 12.0. The molecule has 1 unspecified atom stereocenters. The Bertz CT molecular complexity index is 2340. The number of nitrogens with one attached hydrogen (secondary N) is 1. The number of pyridine rings is 1. The number of amides is 3. The lowest BCUT2D eigenvalue weighted by molar-refractivity contribution is -0.142. The van der Waals surface area contributed by atoms with Crippen molar-refractivity contribution in [1.29, 1.82) is 0 Å². The number of benzene rings is 4. The Balaban J connectivity index is 1.02. The second-order valence-electron chi connectivity index (χ2n) is 14.5. The average Bonchev–Trinajstić information content (AvgIpc) is 3.21. The van der Waals surface area contributed by atoms with Gasteiger partial charge >= 0.3 is 12.0 Å². The molecule has 3 heterocycles.